The van der Waals surface area contributed by atoms with Gasteiger partial charge in [0.15, 0.2) is 0 Å². The molecule has 1 aromatic rings. The van der Waals surface area contributed by atoms with E-state index in [1.165, 1.54) is 0 Å². The van der Waals surface area contributed by atoms with E-state index in [2.05, 4.69) is 5.32 Å². The molecule has 120 valence electrons. The third-order valence-electron chi connectivity index (χ3n) is 3.90. The molecule has 1 unspecified atom stereocenters. The van der Waals surface area contributed by atoms with Gasteiger partial charge >= 0.3 is 0 Å². The summed E-state index contributed by atoms with van der Waals surface area (Å²) in [6, 6.07) is 5.04. The average Bonchev–Trinajstić information content (AvgIpc) is 2.96. The van der Waals surface area contributed by atoms with E-state index in [-0.39, 0.29) is 23.8 Å². The van der Waals surface area contributed by atoms with Crippen LogP contribution in [0.15, 0.2) is 18.2 Å². The van der Waals surface area contributed by atoms with E-state index < -0.39 is 0 Å². The van der Waals surface area contributed by atoms with Crippen molar-refractivity contribution in [3.63, 3.8) is 0 Å². The minimum Gasteiger partial charge on any atom is -0.334 e. The molecule has 22 heavy (non-hydrogen) atoms. The van der Waals surface area contributed by atoms with Crippen LogP contribution in [0.3, 0.4) is 0 Å². The van der Waals surface area contributed by atoms with Gasteiger partial charge < -0.3 is 16.0 Å². The van der Waals surface area contributed by atoms with Gasteiger partial charge in [-0.3, -0.25) is 9.59 Å². The molecule has 1 heterocycles. The summed E-state index contributed by atoms with van der Waals surface area (Å²) in [4.78, 5) is 26.2. The summed E-state index contributed by atoms with van der Waals surface area (Å²) in [5.74, 6) is -0.352. The van der Waals surface area contributed by atoms with Crippen molar-refractivity contribution in [2.24, 2.45) is 11.7 Å². The van der Waals surface area contributed by atoms with Gasteiger partial charge in [-0.1, -0.05) is 25.4 Å². The van der Waals surface area contributed by atoms with Crippen LogP contribution in [0.1, 0.15) is 37.0 Å². The first-order valence-electron chi connectivity index (χ1n) is 7.55. The molecule has 1 aliphatic rings. The molecule has 1 saturated heterocycles. The molecular weight excluding hydrogens is 302 g/mol. The Bertz CT molecular complexity index is 575. The third-order valence-corrected chi connectivity index (χ3v) is 4.23. The third kappa shape index (κ3) is 3.59. The lowest BCUT2D eigenvalue weighted by Crippen LogP contribution is -2.40. The highest BCUT2D eigenvalue weighted by Gasteiger charge is 2.29. The number of rotatable bonds is 4. The summed E-state index contributed by atoms with van der Waals surface area (Å²) in [6.45, 7) is 4.77. The molecule has 2 amide bonds. The highest BCUT2D eigenvalue weighted by molar-refractivity contribution is 6.34. The van der Waals surface area contributed by atoms with E-state index in [1.54, 1.807) is 23.1 Å². The second-order valence-electron chi connectivity index (χ2n) is 5.87. The fourth-order valence-electron chi connectivity index (χ4n) is 2.56. The Hall–Kier alpha value is -1.59. The molecule has 3 N–H and O–H groups in total. The molecule has 1 aliphatic heterocycles. The first-order chi connectivity index (χ1) is 10.4. The fourth-order valence-corrected chi connectivity index (χ4v) is 2.75. The quantitative estimate of drug-likeness (QED) is 0.894. The van der Waals surface area contributed by atoms with E-state index in [9.17, 15) is 9.59 Å². The monoisotopic (exact) mass is 323 g/mol. The van der Waals surface area contributed by atoms with Crippen LogP contribution in [0.2, 0.25) is 5.02 Å². The number of carbonyl (C=O) groups excluding carboxylic acids is 2. The Balaban J connectivity index is 2.23. The van der Waals surface area contributed by atoms with Crippen molar-refractivity contribution in [1.29, 1.82) is 0 Å². The molecule has 6 heteroatoms. The number of anilines is 1. The van der Waals surface area contributed by atoms with E-state index in [0.717, 1.165) is 12.8 Å². The standard InChI is InChI=1S/C16H22ClN3O2/c1-10(2)15(21)19-11-5-6-14(17)13(8-11)16(22)20-7-3-4-12(20)9-18/h5-6,8,10,12H,3-4,7,9,18H2,1-2H3,(H,19,21). The maximum atomic E-state index is 12.7. The van der Waals surface area contributed by atoms with Crippen LogP contribution in [0.5, 0.6) is 0 Å². The summed E-state index contributed by atoms with van der Waals surface area (Å²) >= 11 is 6.17. The van der Waals surface area contributed by atoms with Gasteiger partial charge in [0.05, 0.1) is 10.6 Å². The first-order valence-corrected chi connectivity index (χ1v) is 7.93. The molecule has 0 radical (unpaired) electrons. The van der Waals surface area contributed by atoms with Crippen LogP contribution in [-0.4, -0.2) is 35.8 Å². The Kier molecular flexibility index (Phi) is 5.42. The van der Waals surface area contributed by atoms with E-state index in [1.807, 2.05) is 13.8 Å². The molecule has 0 bridgehead atoms. The van der Waals surface area contributed by atoms with Gasteiger partial charge in [-0.05, 0) is 31.0 Å². The molecule has 5 nitrogen and oxygen atoms in total. The molecule has 1 aromatic carbocycles. The number of hydrogen-bond acceptors (Lipinski definition) is 3. The van der Waals surface area contributed by atoms with E-state index >= 15 is 0 Å². The topological polar surface area (TPSA) is 75.4 Å². The van der Waals surface area contributed by atoms with Crippen molar-refractivity contribution >= 4 is 29.1 Å². The number of benzene rings is 1. The Labute approximate surface area is 135 Å². The lowest BCUT2D eigenvalue weighted by Gasteiger charge is -2.24. The van der Waals surface area contributed by atoms with Gasteiger partial charge in [0.25, 0.3) is 5.91 Å². The van der Waals surface area contributed by atoms with Crippen molar-refractivity contribution in [2.45, 2.75) is 32.7 Å². The fraction of sp³-hybridized carbons (Fsp3) is 0.500. The maximum Gasteiger partial charge on any atom is 0.255 e. The predicted molar refractivity (Wildman–Crippen MR) is 88.0 cm³/mol. The SMILES string of the molecule is CC(C)C(=O)Nc1ccc(Cl)c(C(=O)N2CCCC2CN)c1. The van der Waals surface area contributed by atoms with Crippen LogP contribution < -0.4 is 11.1 Å². The van der Waals surface area contributed by atoms with Gasteiger partial charge in [0, 0.05) is 30.7 Å². The van der Waals surface area contributed by atoms with Gasteiger partial charge in [-0.25, -0.2) is 0 Å². The molecule has 1 atom stereocenters. The predicted octanol–water partition coefficient (Wildman–Crippen LogP) is 2.50. The van der Waals surface area contributed by atoms with Gasteiger partial charge in [0.2, 0.25) is 5.91 Å². The zero-order chi connectivity index (χ0) is 16.3. The second kappa shape index (κ2) is 7.11. The minimum absolute atomic E-state index is 0.0671. The van der Waals surface area contributed by atoms with E-state index in [0.29, 0.717) is 29.4 Å². The minimum atomic E-state index is -0.130. The van der Waals surface area contributed by atoms with Crippen LogP contribution in [0.25, 0.3) is 0 Å². The molecule has 0 saturated carbocycles. The smallest absolute Gasteiger partial charge is 0.255 e. The normalized spacial score (nSPS) is 17.9. The average molecular weight is 324 g/mol. The van der Waals surface area contributed by atoms with Crippen LogP contribution in [0.4, 0.5) is 5.69 Å². The summed E-state index contributed by atoms with van der Waals surface area (Å²) in [6.07, 6.45) is 1.87. The van der Waals surface area contributed by atoms with Crippen molar-refractivity contribution in [1.82, 2.24) is 4.90 Å². The van der Waals surface area contributed by atoms with E-state index in [4.69, 9.17) is 17.3 Å². The van der Waals surface area contributed by atoms with Crippen LogP contribution >= 0.6 is 11.6 Å². The largest absolute Gasteiger partial charge is 0.334 e. The van der Waals surface area contributed by atoms with Crippen molar-refractivity contribution in [3.8, 4) is 0 Å². The number of amides is 2. The molecule has 0 aliphatic carbocycles. The molecule has 0 spiro atoms. The molecular formula is C16H22ClN3O2. The summed E-state index contributed by atoms with van der Waals surface area (Å²) in [5.41, 5.74) is 6.71. The second-order valence-corrected chi connectivity index (χ2v) is 6.28. The summed E-state index contributed by atoms with van der Waals surface area (Å²) < 4.78 is 0. The lowest BCUT2D eigenvalue weighted by atomic mass is 10.1. The summed E-state index contributed by atoms with van der Waals surface area (Å²) in [7, 11) is 0. The van der Waals surface area contributed by atoms with Crippen LogP contribution in [-0.2, 0) is 4.79 Å². The summed E-state index contributed by atoms with van der Waals surface area (Å²) in [5, 5.41) is 3.17. The Morgan fingerprint density at radius 3 is 2.82 bits per heavy atom. The first kappa shape index (κ1) is 16.8. The van der Waals surface area contributed by atoms with Gasteiger partial charge in [-0.15, -0.1) is 0 Å². The zero-order valence-corrected chi connectivity index (χ0v) is 13.7. The van der Waals surface area contributed by atoms with Crippen molar-refractivity contribution < 1.29 is 9.59 Å². The van der Waals surface area contributed by atoms with Gasteiger partial charge in [-0.2, -0.15) is 0 Å². The number of nitrogens with zero attached hydrogens (tertiary/aromatic N) is 1. The maximum absolute atomic E-state index is 12.7. The Morgan fingerprint density at radius 1 is 1.45 bits per heavy atom. The molecule has 2 rings (SSSR count). The Morgan fingerprint density at radius 2 is 2.18 bits per heavy atom. The van der Waals surface area contributed by atoms with Crippen molar-refractivity contribution in [3.05, 3.63) is 28.8 Å². The highest BCUT2D eigenvalue weighted by Crippen LogP contribution is 2.26. The lowest BCUT2D eigenvalue weighted by molar-refractivity contribution is -0.118. The number of likely N-dealkylation sites (tertiary alicyclic amines) is 1. The number of carbonyl (C=O) groups is 2. The number of nitrogens with two attached hydrogens (primary N) is 1. The number of nitrogens with one attached hydrogen (secondary N) is 1. The van der Waals surface area contributed by atoms with Crippen LogP contribution in [0, 0.1) is 5.92 Å². The van der Waals surface area contributed by atoms with Crippen molar-refractivity contribution in [2.75, 3.05) is 18.4 Å². The number of halogens is 1. The highest BCUT2D eigenvalue weighted by atomic mass is 35.5. The zero-order valence-electron chi connectivity index (χ0n) is 12.9. The number of hydrogen-bond donors (Lipinski definition) is 2. The molecule has 1 fully saturated rings. The van der Waals surface area contributed by atoms with Gasteiger partial charge in [0.1, 0.15) is 0 Å². The molecule has 0 aromatic heterocycles.